The number of nitrogens with one attached hydrogen (secondary N) is 2. The maximum atomic E-state index is 13.6. The highest BCUT2D eigenvalue weighted by Gasteiger charge is 2.43. The van der Waals surface area contributed by atoms with E-state index in [1.54, 1.807) is 32.0 Å². The number of aliphatic hydroxyl groups excluding tert-OH is 1. The largest absolute Gasteiger partial charge is 0.509 e. The number of aromatic amines is 1. The zero-order chi connectivity index (χ0) is 27.4. The zero-order valence-electron chi connectivity index (χ0n) is 20.4. The molecule has 0 saturated carbocycles. The number of benzene rings is 1. The van der Waals surface area contributed by atoms with E-state index in [-0.39, 0.29) is 34.2 Å². The van der Waals surface area contributed by atoms with Gasteiger partial charge in [0.1, 0.15) is 29.4 Å². The number of nitrogens with zero attached hydrogens (tertiary/aromatic N) is 1. The molecule has 2 aromatic rings. The molecule has 0 spiro atoms. The van der Waals surface area contributed by atoms with Crippen LogP contribution in [0.3, 0.4) is 0 Å². The number of carbonyl (C=O) groups excluding carboxylic acids is 1. The molecular formula is C23H28N3O9PS. The lowest BCUT2D eigenvalue weighted by atomic mass is 9.95. The average molecular weight is 554 g/mol. The Hall–Kier alpha value is -3.38. The number of carbonyl (C=O) groups is 1. The molecule has 1 aliphatic heterocycles. The summed E-state index contributed by atoms with van der Waals surface area (Å²) in [5.74, 6) is -1.26. The normalized spacial score (nSPS) is 21.1. The number of aliphatic hydroxyl groups is 2. The van der Waals surface area contributed by atoms with Crippen LogP contribution in [0.2, 0.25) is 0 Å². The smallest absolute Gasteiger partial charge is 0.487 e. The van der Waals surface area contributed by atoms with Gasteiger partial charge in [0.15, 0.2) is 10.5 Å². The first kappa shape index (κ1) is 28.2. The van der Waals surface area contributed by atoms with E-state index >= 15 is 0 Å². The fourth-order valence-electron chi connectivity index (χ4n) is 3.28. The van der Waals surface area contributed by atoms with Gasteiger partial charge in [0, 0.05) is 18.7 Å². The molecule has 37 heavy (non-hydrogen) atoms. The highest BCUT2D eigenvalue weighted by molar-refractivity contribution is 7.71. The van der Waals surface area contributed by atoms with Gasteiger partial charge in [-0.2, -0.15) is 0 Å². The van der Waals surface area contributed by atoms with Crippen molar-refractivity contribution in [2.45, 2.75) is 45.1 Å². The van der Waals surface area contributed by atoms with Gasteiger partial charge in [0.05, 0.1) is 6.10 Å². The Morgan fingerprint density at radius 1 is 1.38 bits per heavy atom. The molecule has 1 aromatic heterocycles. The van der Waals surface area contributed by atoms with E-state index in [1.807, 2.05) is 0 Å². The molecule has 3 atom stereocenters. The van der Waals surface area contributed by atoms with Crippen LogP contribution in [0.25, 0.3) is 0 Å². The summed E-state index contributed by atoms with van der Waals surface area (Å²) >= 11 is 5.17. The minimum atomic E-state index is -4.34. The fourth-order valence-corrected chi connectivity index (χ4v) is 4.81. The van der Waals surface area contributed by atoms with Crippen molar-refractivity contribution in [2.24, 2.45) is 0 Å². The third-order valence-corrected chi connectivity index (χ3v) is 6.71. The second kappa shape index (κ2) is 11.3. The minimum absolute atomic E-state index is 0.0286. The summed E-state index contributed by atoms with van der Waals surface area (Å²) in [7, 11) is -4.34. The van der Waals surface area contributed by atoms with Gasteiger partial charge in [-0.3, -0.25) is 24.0 Å². The van der Waals surface area contributed by atoms with Crippen LogP contribution >= 0.6 is 20.0 Å². The molecule has 0 aliphatic carbocycles. The number of hydrogen-bond acceptors (Lipinski definition) is 10. The summed E-state index contributed by atoms with van der Waals surface area (Å²) in [6.07, 6.45) is -0.577. The van der Waals surface area contributed by atoms with Crippen LogP contribution in [0.15, 0.2) is 71.2 Å². The van der Waals surface area contributed by atoms with E-state index in [4.69, 9.17) is 30.7 Å². The number of rotatable bonds is 10. The highest BCUT2D eigenvalue weighted by Crippen LogP contribution is 2.47. The molecule has 1 aromatic carbocycles. The van der Waals surface area contributed by atoms with Crippen LogP contribution < -0.4 is 15.2 Å². The molecule has 3 rings (SSSR count). The summed E-state index contributed by atoms with van der Waals surface area (Å²) in [6.45, 7) is 7.63. The first-order valence-electron chi connectivity index (χ1n) is 11.1. The van der Waals surface area contributed by atoms with Crippen LogP contribution in [0, 0.1) is 4.77 Å². The molecule has 2 heterocycles. The zero-order valence-corrected chi connectivity index (χ0v) is 22.1. The molecule has 0 saturated heterocycles. The molecule has 200 valence electrons. The van der Waals surface area contributed by atoms with Crippen molar-refractivity contribution in [1.82, 2.24) is 14.6 Å². The number of aromatic nitrogens is 2. The molecule has 0 radical (unpaired) electrons. The Balaban J connectivity index is 1.85. The Morgan fingerprint density at radius 2 is 2.05 bits per heavy atom. The van der Waals surface area contributed by atoms with E-state index in [1.165, 1.54) is 35.9 Å². The summed E-state index contributed by atoms with van der Waals surface area (Å²) in [5, 5.41) is 23.7. The molecule has 0 bridgehead atoms. The van der Waals surface area contributed by atoms with Crippen molar-refractivity contribution in [1.29, 1.82) is 0 Å². The summed E-state index contributed by atoms with van der Waals surface area (Å²) < 4.78 is 36.7. The van der Waals surface area contributed by atoms with Crippen molar-refractivity contribution in [2.75, 3.05) is 6.61 Å². The number of esters is 1. The summed E-state index contributed by atoms with van der Waals surface area (Å²) in [6, 6.07) is 9.23. The summed E-state index contributed by atoms with van der Waals surface area (Å²) in [4.78, 5) is 26.2. The van der Waals surface area contributed by atoms with Gasteiger partial charge < -0.3 is 24.2 Å². The Morgan fingerprint density at radius 3 is 2.68 bits per heavy atom. The maximum Gasteiger partial charge on any atom is 0.487 e. The molecule has 4 N–H and O–H groups in total. The van der Waals surface area contributed by atoms with Crippen molar-refractivity contribution in [3.8, 4) is 5.75 Å². The molecule has 0 fully saturated rings. The van der Waals surface area contributed by atoms with E-state index in [0.29, 0.717) is 0 Å². The van der Waals surface area contributed by atoms with Crippen molar-refractivity contribution in [3.63, 3.8) is 0 Å². The lowest BCUT2D eigenvalue weighted by Gasteiger charge is -2.38. The van der Waals surface area contributed by atoms with Gasteiger partial charge >= 0.3 is 13.7 Å². The molecule has 0 amide bonds. The van der Waals surface area contributed by atoms with Crippen LogP contribution in [0.5, 0.6) is 5.75 Å². The second-order valence-electron chi connectivity index (χ2n) is 8.61. The van der Waals surface area contributed by atoms with Crippen LogP contribution in [-0.2, 0) is 23.4 Å². The molecule has 12 nitrogen and oxygen atoms in total. The van der Waals surface area contributed by atoms with Gasteiger partial charge in [-0.05, 0) is 45.1 Å². The van der Waals surface area contributed by atoms with Crippen LogP contribution in [0.1, 0.15) is 33.4 Å². The van der Waals surface area contributed by atoms with E-state index in [9.17, 15) is 24.4 Å². The van der Waals surface area contributed by atoms with Gasteiger partial charge in [-0.25, -0.2) is 9.36 Å². The highest BCUT2D eigenvalue weighted by atomic mass is 32.1. The molecular weight excluding hydrogens is 525 g/mol. The average Bonchev–Trinajstić information content (AvgIpc) is 2.79. The lowest BCUT2D eigenvalue weighted by Crippen LogP contribution is -2.43. The Bertz CT molecular complexity index is 1350. The van der Waals surface area contributed by atoms with E-state index in [2.05, 4.69) is 16.7 Å². The monoisotopic (exact) mass is 553 g/mol. The predicted molar refractivity (Wildman–Crippen MR) is 135 cm³/mol. The van der Waals surface area contributed by atoms with Crippen molar-refractivity contribution >= 4 is 25.9 Å². The lowest BCUT2D eigenvalue weighted by molar-refractivity contribution is -0.144. The van der Waals surface area contributed by atoms with Crippen molar-refractivity contribution < 1.29 is 38.1 Å². The van der Waals surface area contributed by atoms with Gasteiger partial charge in [-0.1, -0.05) is 24.8 Å². The fraction of sp³-hybridized carbons (Fsp3) is 0.348. The molecule has 1 aliphatic rings. The topological polar surface area (TPSA) is 161 Å². The molecule has 2 unspecified atom stereocenters. The molecule has 14 heteroatoms. The Kier molecular flexibility index (Phi) is 8.64. The maximum absolute atomic E-state index is 13.6. The van der Waals surface area contributed by atoms with Crippen LogP contribution in [0.4, 0.5) is 0 Å². The van der Waals surface area contributed by atoms with E-state index < -0.39 is 43.8 Å². The van der Waals surface area contributed by atoms with Gasteiger partial charge in [-0.15, -0.1) is 0 Å². The number of para-hydroxylation sites is 1. The predicted octanol–water partition coefficient (Wildman–Crippen LogP) is 3.60. The first-order chi connectivity index (χ1) is 17.3. The minimum Gasteiger partial charge on any atom is -0.509 e. The number of H-pyrrole nitrogens is 1. The van der Waals surface area contributed by atoms with Crippen molar-refractivity contribution in [3.05, 3.63) is 81.5 Å². The third kappa shape index (κ3) is 7.32. The van der Waals surface area contributed by atoms with Crippen LogP contribution in [-0.4, -0.2) is 44.0 Å². The second-order valence-corrected chi connectivity index (χ2v) is 10.7. The SMILES string of the molecule is C=C(NP(=O)(OCC1=C(O)CC(C)(O)[C@H](n2ccc(=O)[nH]c2=S)O1)Oc1ccccc1)C(=O)OC(C)C. The quantitative estimate of drug-likeness (QED) is 0.147. The first-order valence-corrected chi connectivity index (χ1v) is 13.0. The third-order valence-electron chi connectivity index (χ3n) is 4.93. The standard InChI is InChI=1S/C23H28N3O9PS/c1-14(2)33-20(29)15(3)25-36(31,35-16-8-6-5-7-9-16)32-13-18-17(27)12-23(4,30)21(34-18)26-11-10-19(28)24-22(26)37/h5-11,14,21,27,30H,3,12-13H2,1-2,4H3,(H,25,31)(H,24,28,37)/t21-,23?,36?/m1/s1. The van der Waals surface area contributed by atoms with E-state index in [0.717, 1.165) is 0 Å². The van der Waals surface area contributed by atoms with Gasteiger partial charge in [0.25, 0.3) is 5.56 Å². The Labute approximate surface area is 217 Å². The number of hydrogen-bond donors (Lipinski definition) is 4. The van der Waals surface area contributed by atoms with Gasteiger partial charge in [0.2, 0.25) is 6.23 Å². The number of ether oxygens (including phenoxy) is 2. The summed E-state index contributed by atoms with van der Waals surface area (Å²) in [5.41, 5.74) is -2.46.